The van der Waals surface area contributed by atoms with Gasteiger partial charge >= 0.3 is 11.8 Å². The molecule has 1 aliphatic rings. The monoisotopic (exact) mass is 424 g/mol. The normalized spacial score (nSPS) is 13.6. The van der Waals surface area contributed by atoms with Gasteiger partial charge in [0, 0.05) is 38.1 Å². The minimum absolute atomic E-state index is 0.171. The van der Waals surface area contributed by atoms with E-state index in [9.17, 15) is 10.1 Å². The van der Waals surface area contributed by atoms with Crippen molar-refractivity contribution in [2.24, 2.45) is 0 Å². The molecule has 0 unspecified atom stereocenters. The molecule has 0 fully saturated rings. The standard InChI is InChI=1S/C20H20N4O3.C2H4O2/c25-24(26)19-15-23-11-10-22(12-13-27-20(23)21-19)14-16-6-8-18(9-7-16)17-4-2-1-3-5-17;1-2(3)4/h1-9,15H,10-14H2;1H3,(H,3,4). The van der Waals surface area contributed by atoms with Crippen molar-refractivity contribution in [3.8, 4) is 17.1 Å². The predicted octanol–water partition coefficient (Wildman–Crippen LogP) is 3.44. The van der Waals surface area contributed by atoms with Crippen LogP contribution in [-0.4, -0.2) is 50.1 Å². The van der Waals surface area contributed by atoms with Crippen LogP contribution in [0.3, 0.4) is 0 Å². The van der Waals surface area contributed by atoms with Crippen molar-refractivity contribution in [1.29, 1.82) is 0 Å². The first-order valence-corrected chi connectivity index (χ1v) is 9.83. The lowest BCUT2D eigenvalue weighted by molar-refractivity contribution is -0.389. The zero-order valence-corrected chi connectivity index (χ0v) is 17.2. The van der Waals surface area contributed by atoms with Gasteiger partial charge in [0.25, 0.3) is 5.97 Å². The molecule has 4 rings (SSSR count). The van der Waals surface area contributed by atoms with Gasteiger partial charge in [-0.2, -0.15) is 0 Å². The van der Waals surface area contributed by atoms with Crippen LogP contribution in [0.25, 0.3) is 11.1 Å². The van der Waals surface area contributed by atoms with Gasteiger partial charge in [0.2, 0.25) is 0 Å². The maximum atomic E-state index is 10.9. The number of nitrogens with zero attached hydrogens (tertiary/aromatic N) is 4. The lowest BCUT2D eigenvalue weighted by Gasteiger charge is -2.24. The van der Waals surface area contributed by atoms with Crippen LogP contribution >= 0.6 is 0 Å². The topological polar surface area (TPSA) is 111 Å². The molecule has 0 saturated heterocycles. The Hall–Kier alpha value is -3.72. The third-order valence-corrected chi connectivity index (χ3v) is 4.68. The number of aliphatic carboxylic acids is 1. The van der Waals surface area contributed by atoms with E-state index in [-0.39, 0.29) is 5.82 Å². The van der Waals surface area contributed by atoms with Crippen LogP contribution < -0.4 is 4.74 Å². The summed E-state index contributed by atoms with van der Waals surface area (Å²) in [7, 11) is 0. The van der Waals surface area contributed by atoms with Gasteiger partial charge in [0.1, 0.15) is 12.8 Å². The zero-order valence-electron chi connectivity index (χ0n) is 17.2. The second kappa shape index (κ2) is 10.4. The molecule has 0 radical (unpaired) electrons. The maximum Gasteiger partial charge on any atom is 0.414 e. The van der Waals surface area contributed by atoms with Gasteiger partial charge in [-0.15, -0.1) is 0 Å². The number of carboxylic acids is 1. The van der Waals surface area contributed by atoms with Crippen LogP contribution in [0.5, 0.6) is 6.01 Å². The molecule has 0 atom stereocenters. The number of aromatic nitrogens is 2. The summed E-state index contributed by atoms with van der Waals surface area (Å²) < 4.78 is 7.32. The molecular weight excluding hydrogens is 400 g/mol. The van der Waals surface area contributed by atoms with Crippen molar-refractivity contribution >= 4 is 11.8 Å². The number of imidazole rings is 1. The van der Waals surface area contributed by atoms with Crippen molar-refractivity contribution in [3.05, 3.63) is 76.5 Å². The Kier molecular flexibility index (Phi) is 7.34. The molecule has 1 aromatic heterocycles. The molecule has 0 spiro atoms. The second-order valence-electron chi connectivity index (χ2n) is 7.04. The number of carboxylic acid groups (broad SMARTS) is 1. The molecule has 31 heavy (non-hydrogen) atoms. The van der Waals surface area contributed by atoms with Gasteiger partial charge in [-0.25, -0.2) is 0 Å². The van der Waals surface area contributed by atoms with Crippen molar-refractivity contribution in [3.63, 3.8) is 0 Å². The molecule has 0 saturated carbocycles. The van der Waals surface area contributed by atoms with Gasteiger partial charge < -0.3 is 20.0 Å². The van der Waals surface area contributed by atoms with Gasteiger partial charge in [-0.3, -0.25) is 14.3 Å². The van der Waals surface area contributed by atoms with E-state index < -0.39 is 10.9 Å². The van der Waals surface area contributed by atoms with Crippen LogP contribution in [-0.2, 0) is 17.9 Å². The number of fused-ring (bicyclic) bond motifs is 1. The van der Waals surface area contributed by atoms with Crippen LogP contribution in [0.1, 0.15) is 12.5 Å². The Labute approximate surface area is 179 Å². The first kappa shape index (κ1) is 22.0. The molecule has 9 heteroatoms. The smallest absolute Gasteiger partial charge is 0.414 e. The fraction of sp³-hybridized carbons (Fsp3) is 0.273. The highest BCUT2D eigenvalue weighted by Crippen LogP contribution is 2.21. The number of carbonyl (C=O) groups is 1. The number of hydrogen-bond acceptors (Lipinski definition) is 6. The minimum Gasteiger partial charge on any atom is -0.481 e. The SMILES string of the molecule is CC(=O)O.O=[N+]([O-])c1cn2c(n1)OCCN(Cc1ccc(-c3ccccc3)cc1)CC2. The summed E-state index contributed by atoms with van der Waals surface area (Å²) in [5.74, 6) is -1.00. The maximum absolute atomic E-state index is 10.9. The van der Waals surface area contributed by atoms with E-state index in [1.807, 2.05) is 18.2 Å². The summed E-state index contributed by atoms with van der Waals surface area (Å²) in [4.78, 5) is 25.6. The minimum atomic E-state index is -0.833. The highest BCUT2D eigenvalue weighted by Gasteiger charge is 2.22. The van der Waals surface area contributed by atoms with E-state index in [1.54, 1.807) is 4.57 Å². The van der Waals surface area contributed by atoms with E-state index in [4.69, 9.17) is 14.6 Å². The number of hydrogen-bond donors (Lipinski definition) is 1. The molecule has 0 bridgehead atoms. The molecule has 2 heterocycles. The van der Waals surface area contributed by atoms with E-state index >= 15 is 0 Å². The summed E-state index contributed by atoms with van der Waals surface area (Å²) in [6.07, 6.45) is 1.44. The molecule has 1 aliphatic heterocycles. The van der Waals surface area contributed by atoms with Gasteiger partial charge in [0.05, 0.1) is 0 Å². The van der Waals surface area contributed by atoms with Gasteiger partial charge in [0.15, 0.2) is 0 Å². The number of benzene rings is 2. The molecule has 0 aliphatic carbocycles. The summed E-state index contributed by atoms with van der Waals surface area (Å²) in [5.41, 5.74) is 3.63. The summed E-state index contributed by atoms with van der Waals surface area (Å²) in [5, 5.41) is 18.3. The predicted molar refractivity (Wildman–Crippen MR) is 115 cm³/mol. The van der Waals surface area contributed by atoms with Gasteiger partial charge in [-0.05, 0) is 21.6 Å². The third-order valence-electron chi connectivity index (χ3n) is 4.68. The Balaban J connectivity index is 0.000000628. The van der Waals surface area contributed by atoms with E-state index in [2.05, 4.69) is 46.3 Å². The van der Waals surface area contributed by atoms with Crippen molar-refractivity contribution < 1.29 is 19.6 Å². The lowest BCUT2D eigenvalue weighted by Crippen LogP contribution is -2.33. The summed E-state index contributed by atoms with van der Waals surface area (Å²) in [6.45, 7) is 4.49. The van der Waals surface area contributed by atoms with E-state index in [0.717, 1.165) is 26.6 Å². The molecule has 1 N–H and O–H groups in total. The first-order chi connectivity index (χ1) is 14.9. The Bertz CT molecular complexity index is 1010. The number of rotatable bonds is 4. The second-order valence-corrected chi connectivity index (χ2v) is 7.04. The molecule has 3 aromatic rings. The lowest BCUT2D eigenvalue weighted by atomic mass is 10.0. The molecule has 9 nitrogen and oxygen atoms in total. The molecule has 2 aromatic carbocycles. The number of nitro groups is 1. The number of ether oxygens (including phenoxy) is 1. The van der Waals surface area contributed by atoms with Crippen LogP contribution in [0.15, 0.2) is 60.8 Å². The first-order valence-electron chi connectivity index (χ1n) is 9.83. The van der Waals surface area contributed by atoms with E-state index in [1.165, 1.54) is 22.9 Å². The molecule has 0 amide bonds. The highest BCUT2D eigenvalue weighted by molar-refractivity contribution is 5.63. The molecular formula is C22H24N4O5. The zero-order chi connectivity index (χ0) is 22.2. The summed E-state index contributed by atoms with van der Waals surface area (Å²) >= 11 is 0. The average molecular weight is 424 g/mol. The largest absolute Gasteiger partial charge is 0.481 e. The molecule has 162 valence electrons. The van der Waals surface area contributed by atoms with Crippen molar-refractivity contribution in [1.82, 2.24) is 14.5 Å². The third kappa shape index (κ3) is 6.38. The highest BCUT2D eigenvalue weighted by atomic mass is 16.6. The van der Waals surface area contributed by atoms with Crippen LogP contribution in [0.2, 0.25) is 0 Å². The van der Waals surface area contributed by atoms with Crippen molar-refractivity contribution in [2.45, 2.75) is 20.0 Å². The van der Waals surface area contributed by atoms with Crippen LogP contribution in [0, 0.1) is 10.1 Å². The Morgan fingerprint density at radius 3 is 2.39 bits per heavy atom. The van der Waals surface area contributed by atoms with Crippen LogP contribution in [0.4, 0.5) is 5.82 Å². The quantitative estimate of drug-likeness (QED) is 0.504. The van der Waals surface area contributed by atoms with E-state index in [0.29, 0.717) is 19.2 Å². The van der Waals surface area contributed by atoms with Crippen molar-refractivity contribution in [2.75, 3.05) is 19.7 Å². The fourth-order valence-electron chi connectivity index (χ4n) is 3.23. The van der Waals surface area contributed by atoms with Gasteiger partial charge in [-0.1, -0.05) is 54.6 Å². The fourth-order valence-corrected chi connectivity index (χ4v) is 3.23. The Morgan fingerprint density at radius 2 is 1.74 bits per heavy atom. The Morgan fingerprint density at radius 1 is 1.10 bits per heavy atom. The summed E-state index contributed by atoms with van der Waals surface area (Å²) in [6, 6.07) is 19.2. The average Bonchev–Trinajstić information content (AvgIpc) is 3.13.